The maximum absolute atomic E-state index is 12.5. The van der Waals surface area contributed by atoms with Gasteiger partial charge in [-0.3, -0.25) is 14.7 Å². The lowest BCUT2D eigenvalue weighted by atomic mass is 9.94. The van der Waals surface area contributed by atoms with Crippen LogP contribution in [0.1, 0.15) is 37.3 Å². The average molecular weight is 331 g/mol. The topological polar surface area (TPSA) is 45.7 Å². The summed E-state index contributed by atoms with van der Waals surface area (Å²) in [5.74, 6) is 1.31. The number of ether oxygens (including phenoxy) is 1. The molecule has 0 spiro atoms. The largest absolute Gasteiger partial charge is 0.381 e. The smallest absolute Gasteiger partial charge is 0.222 e. The Morgan fingerprint density at radius 1 is 1.46 bits per heavy atom. The fraction of sp³-hybridized carbons (Fsp3) is 0.684. The minimum Gasteiger partial charge on any atom is -0.381 e. The van der Waals surface area contributed by atoms with Gasteiger partial charge in [0.15, 0.2) is 0 Å². The van der Waals surface area contributed by atoms with Crippen molar-refractivity contribution < 1.29 is 9.53 Å². The van der Waals surface area contributed by atoms with Gasteiger partial charge in [0.2, 0.25) is 5.91 Å². The Morgan fingerprint density at radius 2 is 2.33 bits per heavy atom. The van der Waals surface area contributed by atoms with Crippen molar-refractivity contribution in [3.8, 4) is 0 Å². The van der Waals surface area contributed by atoms with Crippen LogP contribution in [0.4, 0.5) is 0 Å². The molecule has 132 valence electrons. The van der Waals surface area contributed by atoms with Crippen molar-refractivity contribution in [3.63, 3.8) is 0 Å². The van der Waals surface area contributed by atoms with Crippen LogP contribution in [0, 0.1) is 11.8 Å². The Labute approximate surface area is 145 Å². The van der Waals surface area contributed by atoms with Crippen LogP contribution in [0.25, 0.3) is 0 Å². The number of carbonyl (C=O) groups excluding carboxylic acids is 1. The van der Waals surface area contributed by atoms with Crippen molar-refractivity contribution in [2.24, 2.45) is 11.8 Å². The number of amides is 1. The Bertz CT molecular complexity index is 531. The molecule has 0 bridgehead atoms. The van der Waals surface area contributed by atoms with Gasteiger partial charge in [-0.15, -0.1) is 0 Å². The highest BCUT2D eigenvalue weighted by Gasteiger charge is 2.34. The van der Waals surface area contributed by atoms with Gasteiger partial charge >= 0.3 is 0 Å². The van der Waals surface area contributed by atoms with Crippen LogP contribution < -0.4 is 0 Å². The van der Waals surface area contributed by atoms with E-state index in [2.05, 4.69) is 23.0 Å². The van der Waals surface area contributed by atoms with Gasteiger partial charge in [-0.25, -0.2) is 0 Å². The van der Waals surface area contributed by atoms with Crippen molar-refractivity contribution in [2.75, 3.05) is 40.4 Å². The third kappa shape index (κ3) is 4.14. The van der Waals surface area contributed by atoms with E-state index in [1.807, 2.05) is 30.4 Å². The molecule has 5 nitrogen and oxygen atoms in total. The summed E-state index contributed by atoms with van der Waals surface area (Å²) in [4.78, 5) is 21.1. The molecular formula is C19H29N3O2. The second-order valence-corrected chi connectivity index (χ2v) is 7.30. The lowest BCUT2D eigenvalue weighted by Gasteiger charge is -2.29. The molecular weight excluding hydrogens is 302 g/mol. The first-order valence-corrected chi connectivity index (χ1v) is 9.07. The summed E-state index contributed by atoms with van der Waals surface area (Å²) in [6.07, 6.45) is 7.61. The lowest BCUT2D eigenvalue weighted by Crippen LogP contribution is -2.34. The molecule has 1 aromatic rings. The van der Waals surface area contributed by atoms with E-state index in [1.54, 1.807) is 0 Å². The van der Waals surface area contributed by atoms with Crippen LogP contribution in [0.2, 0.25) is 0 Å². The predicted octanol–water partition coefficient (Wildman–Crippen LogP) is 2.35. The zero-order valence-electron chi connectivity index (χ0n) is 14.9. The van der Waals surface area contributed by atoms with Crippen LogP contribution in [0.5, 0.6) is 0 Å². The summed E-state index contributed by atoms with van der Waals surface area (Å²) < 4.78 is 5.40. The fourth-order valence-corrected chi connectivity index (χ4v) is 4.08. The molecule has 2 fully saturated rings. The van der Waals surface area contributed by atoms with Crippen LogP contribution in [-0.2, 0) is 9.53 Å². The third-order valence-corrected chi connectivity index (χ3v) is 5.52. The van der Waals surface area contributed by atoms with E-state index in [0.29, 0.717) is 24.3 Å². The molecule has 0 radical (unpaired) electrons. The maximum atomic E-state index is 12.5. The molecule has 1 aromatic heterocycles. The quantitative estimate of drug-likeness (QED) is 0.803. The van der Waals surface area contributed by atoms with E-state index in [1.165, 1.54) is 5.56 Å². The molecule has 0 unspecified atom stereocenters. The number of carbonyl (C=O) groups is 1. The van der Waals surface area contributed by atoms with Gasteiger partial charge in [0.25, 0.3) is 0 Å². The fourth-order valence-electron chi connectivity index (χ4n) is 4.08. The van der Waals surface area contributed by atoms with Gasteiger partial charge < -0.3 is 9.64 Å². The van der Waals surface area contributed by atoms with Crippen molar-refractivity contribution in [1.29, 1.82) is 0 Å². The van der Waals surface area contributed by atoms with Gasteiger partial charge in [0, 0.05) is 51.7 Å². The molecule has 3 atom stereocenters. The average Bonchev–Trinajstić information content (AvgIpc) is 3.23. The summed E-state index contributed by atoms with van der Waals surface area (Å²) in [5, 5.41) is 0. The molecule has 24 heavy (non-hydrogen) atoms. The van der Waals surface area contributed by atoms with Crippen molar-refractivity contribution in [2.45, 2.75) is 31.7 Å². The highest BCUT2D eigenvalue weighted by molar-refractivity contribution is 5.75. The zero-order valence-corrected chi connectivity index (χ0v) is 14.9. The first-order valence-electron chi connectivity index (χ1n) is 9.07. The zero-order chi connectivity index (χ0) is 16.9. The molecule has 0 aliphatic carbocycles. The first kappa shape index (κ1) is 17.4. The second kappa shape index (κ2) is 8.08. The first-order chi connectivity index (χ1) is 11.6. The Morgan fingerprint density at radius 3 is 3.04 bits per heavy atom. The minimum atomic E-state index is 0.265. The van der Waals surface area contributed by atoms with Gasteiger partial charge in [-0.05, 0) is 56.3 Å². The van der Waals surface area contributed by atoms with E-state index >= 15 is 0 Å². The number of hydrogen-bond acceptors (Lipinski definition) is 4. The highest BCUT2D eigenvalue weighted by atomic mass is 16.5. The number of aromatic nitrogens is 1. The molecule has 3 rings (SSSR count). The summed E-state index contributed by atoms with van der Waals surface area (Å²) in [6.45, 7) is 3.58. The van der Waals surface area contributed by atoms with Crippen LogP contribution in [-0.4, -0.2) is 61.1 Å². The highest BCUT2D eigenvalue weighted by Crippen LogP contribution is 2.36. The monoisotopic (exact) mass is 331 g/mol. The van der Waals surface area contributed by atoms with E-state index in [0.717, 1.165) is 45.6 Å². The molecule has 0 aromatic carbocycles. The normalized spacial score (nSPS) is 27.5. The van der Waals surface area contributed by atoms with E-state index in [4.69, 9.17) is 4.74 Å². The Hall–Kier alpha value is -1.46. The summed E-state index contributed by atoms with van der Waals surface area (Å²) in [6, 6.07) is 4.50. The Kier molecular flexibility index (Phi) is 5.85. The van der Waals surface area contributed by atoms with E-state index < -0.39 is 0 Å². The number of pyridine rings is 1. The van der Waals surface area contributed by atoms with Gasteiger partial charge in [-0.2, -0.15) is 0 Å². The summed E-state index contributed by atoms with van der Waals surface area (Å²) >= 11 is 0. The number of likely N-dealkylation sites (tertiary alicyclic amines) is 1. The predicted molar refractivity (Wildman–Crippen MR) is 93.5 cm³/mol. The van der Waals surface area contributed by atoms with Crippen molar-refractivity contribution in [1.82, 2.24) is 14.8 Å². The van der Waals surface area contributed by atoms with Gasteiger partial charge in [-0.1, -0.05) is 6.07 Å². The van der Waals surface area contributed by atoms with Crippen molar-refractivity contribution in [3.05, 3.63) is 30.1 Å². The van der Waals surface area contributed by atoms with E-state index in [9.17, 15) is 4.79 Å². The van der Waals surface area contributed by atoms with Crippen LogP contribution >= 0.6 is 0 Å². The van der Waals surface area contributed by atoms with Gasteiger partial charge in [0.05, 0.1) is 0 Å². The molecule has 2 aliphatic rings. The van der Waals surface area contributed by atoms with Crippen LogP contribution in [0.3, 0.4) is 0 Å². The SMILES string of the molecule is CN(C[C@@H]1CCN(C)[C@H]1c1cccnc1)C(=O)CC[C@@H]1CCOC1. The molecule has 5 heteroatoms. The molecule has 0 saturated carbocycles. The van der Waals surface area contributed by atoms with Gasteiger partial charge in [0.1, 0.15) is 0 Å². The number of nitrogens with zero attached hydrogens (tertiary/aromatic N) is 3. The molecule has 2 aliphatic heterocycles. The van der Waals surface area contributed by atoms with Crippen molar-refractivity contribution >= 4 is 5.91 Å². The molecule has 3 heterocycles. The summed E-state index contributed by atoms with van der Waals surface area (Å²) in [7, 11) is 4.12. The molecule has 0 N–H and O–H groups in total. The number of hydrogen-bond donors (Lipinski definition) is 0. The standard InChI is InChI=1S/C19H29N3O2/c1-21-10-7-17(19(21)16-4-3-9-20-12-16)13-22(2)18(23)6-5-15-8-11-24-14-15/h3-4,9,12,15,17,19H,5-8,10-11,13-14H2,1-2H3/t15-,17+,19+/m1/s1. The Balaban J connectivity index is 1.54. The summed E-state index contributed by atoms with van der Waals surface area (Å²) in [5.41, 5.74) is 1.26. The minimum absolute atomic E-state index is 0.265. The maximum Gasteiger partial charge on any atom is 0.222 e. The molecule has 1 amide bonds. The number of rotatable bonds is 6. The lowest BCUT2D eigenvalue weighted by molar-refractivity contribution is -0.130. The second-order valence-electron chi connectivity index (χ2n) is 7.30. The molecule has 2 saturated heterocycles. The third-order valence-electron chi connectivity index (χ3n) is 5.52. The van der Waals surface area contributed by atoms with Crippen LogP contribution in [0.15, 0.2) is 24.5 Å². The van der Waals surface area contributed by atoms with E-state index in [-0.39, 0.29) is 5.91 Å².